The lowest BCUT2D eigenvalue weighted by molar-refractivity contribution is -0.115. The maximum atomic E-state index is 11.5. The fourth-order valence-corrected chi connectivity index (χ4v) is 1.75. The van der Waals surface area contributed by atoms with Gasteiger partial charge in [0.25, 0.3) is 5.91 Å². The van der Waals surface area contributed by atoms with Crippen molar-refractivity contribution >= 4 is 28.9 Å². The van der Waals surface area contributed by atoms with E-state index >= 15 is 0 Å². The molecule has 0 atom stereocenters. The zero-order valence-corrected chi connectivity index (χ0v) is 9.97. The molecule has 82 valence electrons. The molecule has 1 aromatic rings. The van der Waals surface area contributed by atoms with Crippen LogP contribution in [0.4, 0.5) is 0 Å². The highest BCUT2D eigenvalue weighted by Crippen LogP contribution is 2.15. The Kier molecular flexibility index (Phi) is 3.10. The molecule has 1 N–H and O–H groups in total. The smallest absolute Gasteiger partial charge is 0.275 e. The molecular weight excluding hydrogens is 220 g/mol. The van der Waals surface area contributed by atoms with Crippen LogP contribution in [0.15, 0.2) is 35.0 Å². The molecule has 0 saturated heterocycles. The molecule has 0 fully saturated rings. The number of rotatable bonds is 1. The SMILES string of the molecule is CSC1=N/C(=C/c2ccc(C)cc2)C(=O)N1. The predicted molar refractivity (Wildman–Crippen MR) is 68.2 cm³/mol. The minimum atomic E-state index is -0.134. The van der Waals surface area contributed by atoms with Crippen molar-refractivity contribution in [1.29, 1.82) is 0 Å². The summed E-state index contributed by atoms with van der Waals surface area (Å²) in [5, 5.41) is 3.35. The fourth-order valence-electron chi connectivity index (χ4n) is 1.36. The second-order valence-electron chi connectivity index (χ2n) is 3.52. The minimum Gasteiger partial charge on any atom is -0.300 e. The van der Waals surface area contributed by atoms with Crippen molar-refractivity contribution in [3.63, 3.8) is 0 Å². The van der Waals surface area contributed by atoms with Gasteiger partial charge in [-0.3, -0.25) is 10.1 Å². The molecule has 1 aliphatic heterocycles. The van der Waals surface area contributed by atoms with E-state index < -0.39 is 0 Å². The van der Waals surface area contributed by atoms with E-state index in [1.807, 2.05) is 37.4 Å². The highest BCUT2D eigenvalue weighted by atomic mass is 32.2. The molecule has 1 aromatic carbocycles. The van der Waals surface area contributed by atoms with Gasteiger partial charge in [0.2, 0.25) is 0 Å². The number of carbonyl (C=O) groups is 1. The normalized spacial score (nSPS) is 17.5. The molecule has 0 aromatic heterocycles. The third-order valence-electron chi connectivity index (χ3n) is 2.25. The molecule has 0 aliphatic carbocycles. The van der Waals surface area contributed by atoms with E-state index in [1.165, 1.54) is 17.3 Å². The summed E-state index contributed by atoms with van der Waals surface area (Å²) in [5.74, 6) is -0.134. The molecule has 0 radical (unpaired) electrons. The lowest BCUT2D eigenvalue weighted by Gasteiger charge is -1.95. The van der Waals surface area contributed by atoms with Crippen molar-refractivity contribution in [1.82, 2.24) is 5.32 Å². The van der Waals surface area contributed by atoms with Gasteiger partial charge >= 0.3 is 0 Å². The van der Waals surface area contributed by atoms with Crippen LogP contribution in [-0.2, 0) is 4.79 Å². The second-order valence-corrected chi connectivity index (χ2v) is 4.31. The molecule has 0 unspecified atom stereocenters. The Morgan fingerprint density at radius 3 is 2.56 bits per heavy atom. The summed E-state index contributed by atoms with van der Waals surface area (Å²) in [4.78, 5) is 15.7. The topological polar surface area (TPSA) is 41.5 Å². The van der Waals surface area contributed by atoms with Gasteiger partial charge in [0.15, 0.2) is 5.17 Å². The van der Waals surface area contributed by atoms with E-state index in [2.05, 4.69) is 10.3 Å². The van der Waals surface area contributed by atoms with E-state index in [0.29, 0.717) is 10.9 Å². The Balaban J connectivity index is 2.28. The monoisotopic (exact) mass is 232 g/mol. The maximum Gasteiger partial charge on any atom is 0.275 e. The summed E-state index contributed by atoms with van der Waals surface area (Å²) in [6, 6.07) is 7.97. The molecule has 3 nitrogen and oxygen atoms in total. The van der Waals surface area contributed by atoms with Gasteiger partial charge < -0.3 is 0 Å². The van der Waals surface area contributed by atoms with E-state index in [0.717, 1.165) is 5.56 Å². The first kappa shape index (κ1) is 11.0. The van der Waals surface area contributed by atoms with Gasteiger partial charge in [0.1, 0.15) is 5.70 Å². The van der Waals surface area contributed by atoms with E-state index in [-0.39, 0.29) is 5.91 Å². The number of thioether (sulfide) groups is 1. The Hall–Kier alpha value is -1.55. The van der Waals surface area contributed by atoms with E-state index in [9.17, 15) is 4.79 Å². The van der Waals surface area contributed by atoms with Crippen LogP contribution in [0.3, 0.4) is 0 Å². The molecular formula is C12H12N2OS. The van der Waals surface area contributed by atoms with Crippen LogP contribution in [0.5, 0.6) is 0 Å². The zero-order chi connectivity index (χ0) is 11.5. The van der Waals surface area contributed by atoms with Crippen molar-refractivity contribution in [3.05, 3.63) is 41.1 Å². The van der Waals surface area contributed by atoms with Crippen LogP contribution in [0.25, 0.3) is 6.08 Å². The molecule has 4 heteroatoms. The van der Waals surface area contributed by atoms with Crippen LogP contribution in [0.2, 0.25) is 0 Å². The highest BCUT2D eigenvalue weighted by molar-refractivity contribution is 8.13. The number of aryl methyl sites for hydroxylation is 1. The zero-order valence-electron chi connectivity index (χ0n) is 9.15. The second kappa shape index (κ2) is 4.53. The van der Waals surface area contributed by atoms with Crippen LogP contribution < -0.4 is 5.32 Å². The maximum absolute atomic E-state index is 11.5. The third kappa shape index (κ3) is 2.33. The van der Waals surface area contributed by atoms with Crippen molar-refractivity contribution in [2.24, 2.45) is 4.99 Å². The van der Waals surface area contributed by atoms with Crippen molar-refractivity contribution in [2.45, 2.75) is 6.92 Å². The molecule has 16 heavy (non-hydrogen) atoms. The minimum absolute atomic E-state index is 0.134. The largest absolute Gasteiger partial charge is 0.300 e. The van der Waals surface area contributed by atoms with E-state index in [1.54, 1.807) is 6.08 Å². The average molecular weight is 232 g/mol. The lowest BCUT2D eigenvalue weighted by atomic mass is 10.1. The molecule has 1 heterocycles. The summed E-state index contributed by atoms with van der Waals surface area (Å²) in [6.07, 6.45) is 3.67. The van der Waals surface area contributed by atoms with Crippen molar-refractivity contribution < 1.29 is 4.79 Å². The first-order chi connectivity index (χ1) is 7.69. The first-order valence-electron chi connectivity index (χ1n) is 4.91. The number of benzene rings is 1. The summed E-state index contributed by atoms with van der Waals surface area (Å²) < 4.78 is 0. The van der Waals surface area contributed by atoms with Crippen LogP contribution in [-0.4, -0.2) is 17.3 Å². The van der Waals surface area contributed by atoms with Gasteiger partial charge in [-0.15, -0.1) is 0 Å². The molecule has 0 spiro atoms. The highest BCUT2D eigenvalue weighted by Gasteiger charge is 2.18. The van der Waals surface area contributed by atoms with Crippen LogP contribution in [0, 0.1) is 6.92 Å². The summed E-state index contributed by atoms with van der Waals surface area (Å²) in [5.41, 5.74) is 2.65. The summed E-state index contributed by atoms with van der Waals surface area (Å²) in [6.45, 7) is 2.03. The van der Waals surface area contributed by atoms with E-state index in [4.69, 9.17) is 0 Å². The van der Waals surface area contributed by atoms with Gasteiger partial charge in [-0.05, 0) is 24.8 Å². The van der Waals surface area contributed by atoms with Crippen LogP contribution >= 0.6 is 11.8 Å². The quantitative estimate of drug-likeness (QED) is 0.754. The Morgan fingerprint density at radius 1 is 1.31 bits per heavy atom. The van der Waals surface area contributed by atoms with Crippen molar-refractivity contribution in [2.75, 3.05) is 6.26 Å². The average Bonchev–Trinajstić information content (AvgIpc) is 2.63. The van der Waals surface area contributed by atoms with Gasteiger partial charge in [0.05, 0.1) is 0 Å². The van der Waals surface area contributed by atoms with Crippen LogP contribution in [0.1, 0.15) is 11.1 Å². The molecule has 1 aliphatic rings. The molecule has 0 bridgehead atoms. The molecule has 2 rings (SSSR count). The predicted octanol–water partition coefficient (Wildman–Crippen LogP) is 2.18. The van der Waals surface area contributed by atoms with Gasteiger partial charge in [-0.1, -0.05) is 41.6 Å². The number of nitrogens with zero attached hydrogens (tertiary/aromatic N) is 1. The van der Waals surface area contributed by atoms with Gasteiger partial charge in [-0.25, -0.2) is 4.99 Å². The summed E-state index contributed by atoms with van der Waals surface area (Å²) in [7, 11) is 0. The Labute approximate surface area is 98.7 Å². The summed E-state index contributed by atoms with van der Waals surface area (Å²) >= 11 is 1.43. The number of amides is 1. The number of hydrogen-bond acceptors (Lipinski definition) is 3. The van der Waals surface area contributed by atoms with Gasteiger partial charge in [0, 0.05) is 0 Å². The first-order valence-corrected chi connectivity index (χ1v) is 6.14. The number of nitrogens with one attached hydrogen (secondary N) is 1. The number of aliphatic imine (C=N–C) groups is 1. The number of hydrogen-bond donors (Lipinski definition) is 1. The van der Waals surface area contributed by atoms with Crippen molar-refractivity contribution in [3.8, 4) is 0 Å². The Bertz CT molecular complexity index is 474. The fraction of sp³-hybridized carbons (Fsp3) is 0.167. The number of amidine groups is 1. The standard InChI is InChI=1S/C12H12N2OS/c1-8-3-5-9(6-4-8)7-10-11(15)14-12(13-10)16-2/h3-7H,1-2H3,(H,13,14,15)/b10-7+. The number of carbonyl (C=O) groups excluding carboxylic acids is 1. The Morgan fingerprint density at radius 2 is 2.00 bits per heavy atom. The lowest BCUT2D eigenvalue weighted by Crippen LogP contribution is -2.21. The molecule has 0 saturated carbocycles. The third-order valence-corrected chi connectivity index (χ3v) is 2.83. The van der Waals surface area contributed by atoms with Gasteiger partial charge in [-0.2, -0.15) is 0 Å². The molecule has 1 amide bonds.